The van der Waals surface area contributed by atoms with Gasteiger partial charge >= 0.3 is 29.6 Å². The van der Waals surface area contributed by atoms with Gasteiger partial charge in [0.25, 0.3) is 0 Å². The molecule has 27 heavy (non-hydrogen) atoms. The van der Waals surface area contributed by atoms with E-state index in [2.05, 4.69) is 6.92 Å². The van der Waals surface area contributed by atoms with E-state index in [-0.39, 0.29) is 59.5 Å². The monoisotopic (exact) mass is 388 g/mol. The summed E-state index contributed by atoms with van der Waals surface area (Å²) in [6.45, 7) is 2.10. The van der Waals surface area contributed by atoms with E-state index in [1.165, 1.54) is 0 Å². The van der Waals surface area contributed by atoms with Gasteiger partial charge in [0.2, 0.25) is 5.78 Å². The standard InChI is InChI=1S/C20H30O6.Na/c1-2-3-4-7-13(21)10-11-14-15(22)12-17-19(14)20(25)16(26-17)8-5-6-9-18(23)24;/h8,10-11,13-15,17,19,21-22H,2-7,9,12H2,1H3,(H,23,24);/q;+1/p-1/b11-10+,16-8-;/t13-,14-,15+,17-,19+;/m0./s1. The van der Waals surface area contributed by atoms with Crippen LogP contribution in [0.15, 0.2) is 24.0 Å². The van der Waals surface area contributed by atoms with Gasteiger partial charge < -0.3 is 24.9 Å². The number of aliphatic hydroxyl groups excluding tert-OH is 2. The molecule has 1 aliphatic carbocycles. The number of carbonyl (C=O) groups excluding carboxylic acids is 2. The van der Waals surface area contributed by atoms with Gasteiger partial charge in [0.15, 0.2) is 5.76 Å². The van der Waals surface area contributed by atoms with Crippen LogP contribution < -0.4 is 34.7 Å². The fourth-order valence-electron chi connectivity index (χ4n) is 3.71. The van der Waals surface area contributed by atoms with Crippen molar-refractivity contribution in [3.05, 3.63) is 24.0 Å². The fraction of sp³-hybridized carbons (Fsp3) is 0.700. The molecule has 0 bridgehead atoms. The zero-order valence-electron chi connectivity index (χ0n) is 16.3. The minimum atomic E-state index is -1.11. The van der Waals surface area contributed by atoms with Crippen LogP contribution in [0, 0.1) is 11.8 Å². The number of hydrogen-bond donors (Lipinski definition) is 2. The number of aliphatic carboxylic acids is 1. The van der Waals surface area contributed by atoms with Crippen LogP contribution in [0.25, 0.3) is 0 Å². The van der Waals surface area contributed by atoms with E-state index in [0.717, 1.165) is 19.3 Å². The summed E-state index contributed by atoms with van der Waals surface area (Å²) in [5.41, 5.74) is 0. The number of allylic oxidation sites excluding steroid dienone is 2. The van der Waals surface area contributed by atoms with E-state index in [1.54, 1.807) is 18.2 Å². The SMILES string of the molecule is CCCCC[C@H](O)/C=C/[C@@H]1[C@H]2C(=O)/C(=C/CCCC(=O)[O-])O[C@H]2C[C@H]1O.[Na+]. The van der Waals surface area contributed by atoms with E-state index in [4.69, 9.17) is 4.74 Å². The third-order valence-corrected chi connectivity index (χ3v) is 5.13. The molecule has 2 fully saturated rings. The number of Topliss-reactive ketones (excluding diaryl/α,β-unsaturated/α-hetero) is 1. The third-order valence-electron chi connectivity index (χ3n) is 5.13. The maximum Gasteiger partial charge on any atom is 1.00 e. The zero-order chi connectivity index (χ0) is 19.1. The first-order valence-electron chi connectivity index (χ1n) is 9.59. The van der Waals surface area contributed by atoms with Crippen LogP contribution in [0.4, 0.5) is 0 Å². The predicted octanol–water partition coefficient (Wildman–Crippen LogP) is -1.74. The van der Waals surface area contributed by atoms with Crippen LogP contribution in [0.3, 0.4) is 0 Å². The Balaban J connectivity index is 0.00000364. The van der Waals surface area contributed by atoms with Crippen LogP contribution >= 0.6 is 0 Å². The topological polar surface area (TPSA) is 107 Å². The van der Waals surface area contributed by atoms with E-state index in [9.17, 15) is 24.9 Å². The van der Waals surface area contributed by atoms with E-state index in [0.29, 0.717) is 25.7 Å². The summed E-state index contributed by atoms with van der Waals surface area (Å²) in [7, 11) is 0. The number of carbonyl (C=O) groups is 2. The van der Waals surface area contributed by atoms with E-state index in [1.807, 2.05) is 0 Å². The molecule has 5 atom stereocenters. The van der Waals surface area contributed by atoms with Gasteiger partial charge in [-0.15, -0.1) is 0 Å². The number of carboxylic acid groups (broad SMARTS) is 1. The molecule has 6 nitrogen and oxygen atoms in total. The number of unbranched alkanes of at least 4 members (excludes halogenated alkanes) is 3. The summed E-state index contributed by atoms with van der Waals surface area (Å²) in [4.78, 5) is 23.0. The predicted molar refractivity (Wildman–Crippen MR) is 93.7 cm³/mol. The summed E-state index contributed by atoms with van der Waals surface area (Å²) < 4.78 is 5.68. The van der Waals surface area contributed by atoms with Gasteiger partial charge in [-0.25, -0.2) is 0 Å². The summed E-state index contributed by atoms with van der Waals surface area (Å²) in [6.07, 6.45) is 8.45. The number of ketones is 1. The normalized spacial score (nSPS) is 29.6. The Morgan fingerprint density at radius 3 is 2.78 bits per heavy atom. The minimum Gasteiger partial charge on any atom is -0.550 e. The van der Waals surface area contributed by atoms with E-state index >= 15 is 0 Å². The first kappa shape index (κ1) is 24.4. The molecule has 1 heterocycles. The maximum atomic E-state index is 12.6. The first-order valence-corrected chi connectivity index (χ1v) is 9.59. The summed E-state index contributed by atoms with van der Waals surface area (Å²) >= 11 is 0. The van der Waals surface area contributed by atoms with Crippen molar-refractivity contribution in [1.82, 2.24) is 0 Å². The average Bonchev–Trinajstić information content (AvgIpc) is 3.05. The molecule has 2 aliphatic rings. The minimum absolute atomic E-state index is 0. The Kier molecular flexibility index (Phi) is 10.9. The van der Waals surface area contributed by atoms with Gasteiger partial charge in [-0.2, -0.15) is 0 Å². The molecule has 0 amide bonds. The molecular weight excluding hydrogens is 359 g/mol. The summed E-state index contributed by atoms with van der Waals surface area (Å²) in [5, 5.41) is 30.7. The molecule has 1 saturated heterocycles. The fourth-order valence-corrected chi connectivity index (χ4v) is 3.71. The zero-order valence-corrected chi connectivity index (χ0v) is 18.3. The largest absolute Gasteiger partial charge is 1.00 e. The van der Waals surface area contributed by atoms with Crippen molar-refractivity contribution in [2.45, 2.75) is 76.6 Å². The average molecular weight is 388 g/mol. The second-order valence-electron chi connectivity index (χ2n) is 7.21. The van der Waals surface area contributed by atoms with E-state index < -0.39 is 24.1 Å². The summed E-state index contributed by atoms with van der Waals surface area (Å²) in [5.74, 6) is -1.77. The molecule has 146 valence electrons. The first-order chi connectivity index (χ1) is 12.4. The van der Waals surface area contributed by atoms with Crippen molar-refractivity contribution >= 4 is 11.8 Å². The smallest absolute Gasteiger partial charge is 0.550 e. The molecular formula is C20H29NaO6. The number of fused-ring (bicyclic) bond motifs is 1. The Morgan fingerprint density at radius 2 is 2.11 bits per heavy atom. The Labute approximate surface area is 183 Å². The molecule has 0 aromatic heterocycles. The third kappa shape index (κ3) is 7.02. The molecule has 2 N–H and O–H groups in total. The quantitative estimate of drug-likeness (QED) is 0.199. The molecule has 0 aromatic rings. The Bertz CT molecular complexity index is 559. The van der Waals surface area contributed by atoms with Gasteiger partial charge in [-0.1, -0.05) is 38.3 Å². The van der Waals surface area contributed by atoms with Crippen molar-refractivity contribution in [3.8, 4) is 0 Å². The number of rotatable bonds is 10. The van der Waals surface area contributed by atoms with Crippen LogP contribution in [-0.2, 0) is 14.3 Å². The molecule has 0 aromatic carbocycles. The van der Waals surface area contributed by atoms with Crippen molar-refractivity contribution in [3.63, 3.8) is 0 Å². The second-order valence-corrected chi connectivity index (χ2v) is 7.21. The van der Waals surface area contributed by atoms with Gasteiger partial charge in [-0.05, 0) is 31.8 Å². The summed E-state index contributed by atoms with van der Waals surface area (Å²) in [6, 6.07) is 0. The van der Waals surface area contributed by atoms with Crippen LogP contribution in [0.5, 0.6) is 0 Å². The van der Waals surface area contributed by atoms with Gasteiger partial charge in [-0.3, -0.25) is 4.79 Å². The molecule has 1 aliphatic heterocycles. The van der Waals surface area contributed by atoms with Crippen molar-refractivity contribution in [2.24, 2.45) is 11.8 Å². The van der Waals surface area contributed by atoms with Crippen LogP contribution in [-0.4, -0.2) is 40.3 Å². The van der Waals surface area contributed by atoms with Crippen molar-refractivity contribution in [1.29, 1.82) is 0 Å². The van der Waals surface area contributed by atoms with Gasteiger partial charge in [0, 0.05) is 18.3 Å². The molecule has 0 spiro atoms. The van der Waals surface area contributed by atoms with Crippen molar-refractivity contribution < 1.29 is 59.2 Å². The Morgan fingerprint density at radius 1 is 1.37 bits per heavy atom. The molecule has 1 saturated carbocycles. The van der Waals surface area contributed by atoms with Crippen molar-refractivity contribution in [2.75, 3.05) is 0 Å². The number of ether oxygens (including phenoxy) is 1. The molecule has 7 heteroatoms. The number of hydrogen-bond acceptors (Lipinski definition) is 6. The van der Waals surface area contributed by atoms with Crippen LogP contribution in [0.2, 0.25) is 0 Å². The second kappa shape index (κ2) is 12.0. The van der Waals surface area contributed by atoms with Crippen LogP contribution in [0.1, 0.15) is 58.3 Å². The van der Waals surface area contributed by atoms with Gasteiger partial charge in [0.1, 0.15) is 6.10 Å². The number of aliphatic hydroxyl groups is 2. The number of carboxylic acids is 1. The Hall–Kier alpha value is -0.660. The maximum absolute atomic E-state index is 12.6. The molecule has 0 unspecified atom stereocenters. The molecule has 2 rings (SSSR count). The molecule has 0 radical (unpaired) electrons. The van der Waals surface area contributed by atoms with Gasteiger partial charge in [0.05, 0.1) is 18.1 Å².